The van der Waals surface area contributed by atoms with Crippen LogP contribution in [0.5, 0.6) is 0 Å². The van der Waals surface area contributed by atoms with E-state index in [4.69, 9.17) is 4.74 Å². The molecule has 0 aliphatic heterocycles. The molecule has 0 saturated carbocycles. The van der Waals surface area contributed by atoms with Gasteiger partial charge in [-0.05, 0) is 39.0 Å². The Labute approximate surface area is 82.3 Å². The van der Waals surface area contributed by atoms with Crippen molar-refractivity contribution in [2.24, 2.45) is 5.92 Å². The van der Waals surface area contributed by atoms with E-state index in [0.29, 0.717) is 5.92 Å². The van der Waals surface area contributed by atoms with Crippen LogP contribution in [-0.2, 0) is 4.74 Å². The van der Waals surface area contributed by atoms with Crippen molar-refractivity contribution < 1.29 is 9.84 Å². The Bertz CT molecular complexity index is 130. The minimum atomic E-state index is -0.172. The second-order valence-electron chi connectivity index (χ2n) is 4.79. The highest BCUT2D eigenvalue weighted by molar-refractivity contribution is 4.70. The van der Waals surface area contributed by atoms with Crippen molar-refractivity contribution >= 4 is 0 Å². The maximum atomic E-state index is 9.62. The number of hydrogen-bond donors (Lipinski definition) is 1. The average molecular weight is 188 g/mol. The summed E-state index contributed by atoms with van der Waals surface area (Å²) in [7, 11) is 1.72. The van der Waals surface area contributed by atoms with E-state index in [1.165, 1.54) is 0 Å². The molecule has 0 aromatic heterocycles. The number of aliphatic hydroxyl groups excluding tert-OH is 1. The topological polar surface area (TPSA) is 29.5 Å². The number of methoxy groups -OCH3 is 1. The minimum Gasteiger partial charge on any atom is -0.393 e. The standard InChI is InChI=1S/C11H24O2/c1-9(2)8-10(12)6-7-11(3,4)13-5/h9-10,12H,6-8H2,1-5H3. The Hall–Kier alpha value is -0.0800. The zero-order valence-corrected chi connectivity index (χ0v) is 9.63. The summed E-state index contributed by atoms with van der Waals surface area (Å²) >= 11 is 0. The summed E-state index contributed by atoms with van der Waals surface area (Å²) in [5.41, 5.74) is -0.0992. The summed E-state index contributed by atoms with van der Waals surface area (Å²) in [4.78, 5) is 0. The monoisotopic (exact) mass is 188 g/mol. The molecule has 2 heteroatoms. The van der Waals surface area contributed by atoms with Gasteiger partial charge in [0.1, 0.15) is 0 Å². The molecule has 0 aliphatic carbocycles. The van der Waals surface area contributed by atoms with Gasteiger partial charge in [-0.3, -0.25) is 0 Å². The number of aliphatic hydroxyl groups is 1. The van der Waals surface area contributed by atoms with Gasteiger partial charge in [0.25, 0.3) is 0 Å². The van der Waals surface area contributed by atoms with Gasteiger partial charge in [-0.1, -0.05) is 13.8 Å². The van der Waals surface area contributed by atoms with E-state index in [2.05, 4.69) is 27.7 Å². The van der Waals surface area contributed by atoms with E-state index in [0.717, 1.165) is 19.3 Å². The molecule has 0 rings (SSSR count). The molecule has 0 saturated heterocycles. The molecule has 80 valence electrons. The summed E-state index contributed by atoms with van der Waals surface area (Å²) in [5, 5.41) is 9.62. The number of hydrogen-bond acceptors (Lipinski definition) is 2. The fourth-order valence-corrected chi connectivity index (χ4v) is 1.28. The van der Waals surface area contributed by atoms with E-state index in [1.807, 2.05) is 0 Å². The van der Waals surface area contributed by atoms with Gasteiger partial charge in [-0.2, -0.15) is 0 Å². The van der Waals surface area contributed by atoms with Gasteiger partial charge in [0, 0.05) is 7.11 Å². The first-order valence-corrected chi connectivity index (χ1v) is 5.10. The summed E-state index contributed by atoms with van der Waals surface area (Å²) in [5.74, 6) is 0.570. The highest BCUT2D eigenvalue weighted by Crippen LogP contribution is 2.19. The van der Waals surface area contributed by atoms with Crippen LogP contribution in [0.2, 0.25) is 0 Å². The lowest BCUT2D eigenvalue weighted by Gasteiger charge is -2.24. The van der Waals surface area contributed by atoms with Crippen LogP contribution in [0, 0.1) is 5.92 Å². The molecule has 0 heterocycles. The lowest BCUT2D eigenvalue weighted by atomic mass is 9.96. The lowest BCUT2D eigenvalue weighted by molar-refractivity contribution is 0.00112. The maximum absolute atomic E-state index is 9.62. The molecule has 1 unspecified atom stereocenters. The van der Waals surface area contributed by atoms with Crippen molar-refractivity contribution in [3.63, 3.8) is 0 Å². The van der Waals surface area contributed by atoms with Crippen LogP contribution in [-0.4, -0.2) is 23.9 Å². The highest BCUT2D eigenvalue weighted by Gasteiger charge is 2.18. The normalized spacial score (nSPS) is 15.0. The molecule has 0 bridgehead atoms. The molecule has 0 aliphatic rings. The zero-order valence-electron chi connectivity index (χ0n) is 9.63. The molecule has 0 amide bonds. The van der Waals surface area contributed by atoms with Crippen molar-refractivity contribution in [2.75, 3.05) is 7.11 Å². The van der Waals surface area contributed by atoms with Crippen LogP contribution in [0.25, 0.3) is 0 Å². The molecule has 0 spiro atoms. The summed E-state index contributed by atoms with van der Waals surface area (Å²) in [6.07, 6.45) is 2.46. The number of ether oxygens (including phenoxy) is 1. The van der Waals surface area contributed by atoms with Crippen LogP contribution in [0.3, 0.4) is 0 Å². The highest BCUT2D eigenvalue weighted by atomic mass is 16.5. The smallest absolute Gasteiger partial charge is 0.0623 e. The van der Waals surface area contributed by atoms with Crippen molar-refractivity contribution in [1.29, 1.82) is 0 Å². The van der Waals surface area contributed by atoms with E-state index in [-0.39, 0.29) is 11.7 Å². The van der Waals surface area contributed by atoms with Gasteiger partial charge in [0.2, 0.25) is 0 Å². The summed E-state index contributed by atoms with van der Waals surface area (Å²) in [6, 6.07) is 0. The predicted octanol–water partition coefficient (Wildman–Crippen LogP) is 2.60. The minimum absolute atomic E-state index is 0.0992. The Morgan fingerprint density at radius 1 is 1.31 bits per heavy atom. The average Bonchev–Trinajstić information content (AvgIpc) is 2.00. The third kappa shape index (κ3) is 7.03. The van der Waals surface area contributed by atoms with Crippen molar-refractivity contribution in [1.82, 2.24) is 0 Å². The molecule has 1 N–H and O–H groups in total. The summed E-state index contributed by atoms with van der Waals surface area (Å²) < 4.78 is 5.28. The molecule has 0 aromatic carbocycles. The van der Waals surface area contributed by atoms with Gasteiger partial charge in [0.05, 0.1) is 11.7 Å². The molecule has 13 heavy (non-hydrogen) atoms. The molecular formula is C11H24O2. The molecule has 1 atom stereocenters. The quantitative estimate of drug-likeness (QED) is 0.694. The second-order valence-corrected chi connectivity index (χ2v) is 4.79. The summed E-state index contributed by atoms with van der Waals surface area (Å²) in [6.45, 7) is 8.36. The van der Waals surface area contributed by atoms with Crippen LogP contribution >= 0.6 is 0 Å². The van der Waals surface area contributed by atoms with Crippen molar-refractivity contribution in [3.05, 3.63) is 0 Å². The third-order valence-electron chi connectivity index (χ3n) is 2.38. The van der Waals surface area contributed by atoms with Crippen LogP contribution < -0.4 is 0 Å². The molecular weight excluding hydrogens is 164 g/mol. The fraction of sp³-hybridized carbons (Fsp3) is 1.00. The SMILES string of the molecule is COC(C)(C)CCC(O)CC(C)C. The Morgan fingerprint density at radius 3 is 2.23 bits per heavy atom. The lowest BCUT2D eigenvalue weighted by Crippen LogP contribution is -2.25. The Morgan fingerprint density at radius 2 is 1.85 bits per heavy atom. The largest absolute Gasteiger partial charge is 0.393 e. The molecule has 0 aromatic rings. The van der Waals surface area contributed by atoms with E-state index in [1.54, 1.807) is 7.11 Å². The Kier molecular flexibility index (Phi) is 5.57. The van der Waals surface area contributed by atoms with Crippen LogP contribution in [0.4, 0.5) is 0 Å². The van der Waals surface area contributed by atoms with Gasteiger partial charge in [0.15, 0.2) is 0 Å². The van der Waals surface area contributed by atoms with Crippen LogP contribution in [0.1, 0.15) is 47.0 Å². The van der Waals surface area contributed by atoms with Crippen molar-refractivity contribution in [2.45, 2.75) is 58.7 Å². The first-order valence-electron chi connectivity index (χ1n) is 5.10. The first kappa shape index (κ1) is 12.9. The van der Waals surface area contributed by atoms with E-state index < -0.39 is 0 Å². The van der Waals surface area contributed by atoms with Gasteiger partial charge >= 0.3 is 0 Å². The molecule has 0 fully saturated rings. The van der Waals surface area contributed by atoms with Crippen LogP contribution in [0.15, 0.2) is 0 Å². The van der Waals surface area contributed by atoms with Crippen molar-refractivity contribution in [3.8, 4) is 0 Å². The molecule has 2 nitrogen and oxygen atoms in total. The Balaban J connectivity index is 3.63. The fourth-order valence-electron chi connectivity index (χ4n) is 1.28. The molecule has 0 radical (unpaired) electrons. The van der Waals surface area contributed by atoms with E-state index in [9.17, 15) is 5.11 Å². The first-order chi connectivity index (χ1) is 5.87. The predicted molar refractivity (Wildman–Crippen MR) is 55.8 cm³/mol. The maximum Gasteiger partial charge on any atom is 0.0623 e. The van der Waals surface area contributed by atoms with E-state index >= 15 is 0 Å². The number of rotatable bonds is 6. The third-order valence-corrected chi connectivity index (χ3v) is 2.38. The van der Waals surface area contributed by atoms with Gasteiger partial charge in [-0.25, -0.2) is 0 Å². The van der Waals surface area contributed by atoms with Gasteiger partial charge in [-0.15, -0.1) is 0 Å². The second kappa shape index (κ2) is 5.61. The van der Waals surface area contributed by atoms with Gasteiger partial charge < -0.3 is 9.84 Å². The zero-order chi connectivity index (χ0) is 10.5.